The van der Waals surface area contributed by atoms with Crippen LogP contribution >= 0.6 is 0 Å². The Morgan fingerprint density at radius 3 is 3.15 bits per heavy atom. The maximum absolute atomic E-state index is 4.31. The Kier molecular flexibility index (Phi) is 1.65. The van der Waals surface area contributed by atoms with Gasteiger partial charge >= 0.3 is 0 Å². The minimum absolute atomic E-state index is 0.491. The zero-order valence-electron chi connectivity index (χ0n) is 7.66. The molecule has 1 aliphatic carbocycles. The SMILES string of the molecule is c1c[nH]c([C@@H]2C[C@@H]3CCC[C@@H]3N2)n1. The number of rotatable bonds is 1. The first-order valence-electron chi connectivity index (χ1n) is 5.19. The van der Waals surface area contributed by atoms with E-state index in [1.165, 1.54) is 25.7 Å². The lowest BCUT2D eigenvalue weighted by atomic mass is 10.0. The lowest BCUT2D eigenvalue weighted by Crippen LogP contribution is -2.24. The molecule has 2 aliphatic rings. The highest BCUT2D eigenvalue weighted by molar-refractivity contribution is 5.04. The van der Waals surface area contributed by atoms with Gasteiger partial charge in [-0.05, 0) is 25.2 Å². The number of hydrogen-bond acceptors (Lipinski definition) is 2. The van der Waals surface area contributed by atoms with Crippen LogP contribution in [0, 0.1) is 5.92 Å². The first-order chi connectivity index (χ1) is 6.43. The van der Waals surface area contributed by atoms with Gasteiger partial charge < -0.3 is 10.3 Å². The summed E-state index contributed by atoms with van der Waals surface area (Å²) in [5.74, 6) is 2.03. The summed E-state index contributed by atoms with van der Waals surface area (Å²) in [6.07, 6.45) is 9.21. The number of aromatic nitrogens is 2. The van der Waals surface area contributed by atoms with Crippen molar-refractivity contribution in [3.05, 3.63) is 18.2 Å². The number of hydrogen-bond donors (Lipinski definition) is 2. The molecule has 1 aromatic rings. The first-order valence-corrected chi connectivity index (χ1v) is 5.19. The van der Waals surface area contributed by atoms with Gasteiger partial charge in [-0.3, -0.25) is 0 Å². The molecule has 0 radical (unpaired) electrons. The number of nitrogens with zero attached hydrogens (tertiary/aromatic N) is 1. The maximum atomic E-state index is 4.31. The Labute approximate surface area is 78.0 Å². The fourth-order valence-electron chi connectivity index (χ4n) is 2.83. The van der Waals surface area contributed by atoms with Crippen molar-refractivity contribution in [1.82, 2.24) is 15.3 Å². The lowest BCUT2D eigenvalue weighted by molar-refractivity contribution is 0.516. The minimum Gasteiger partial charge on any atom is -0.347 e. The predicted molar refractivity (Wildman–Crippen MR) is 50.2 cm³/mol. The van der Waals surface area contributed by atoms with E-state index in [-0.39, 0.29) is 0 Å². The number of fused-ring (bicyclic) bond motifs is 1. The number of nitrogens with one attached hydrogen (secondary N) is 2. The summed E-state index contributed by atoms with van der Waals surface area (Å²) in [5.41, 5.74) is 0. The fraction of sp³-hybridized carbons (Fsp3) is 0.700. The fourth-order valence-corrected chi connectivity index (χ4v) is 2.83. The zero-order valence-corrected chi connectivity index (χ0v) is 7.66. The second kappa shape index (κ2) is 2.84. The highest BCUT2D eigenvalue weighted by Crippen LogP contribution is 2.39. The summed E-state index contributed by atoms with van der Waals surface area (Å²) in [4.78, 5) is 7.50. The van der Waals surface area contributed by atoms with Gasteiger partial charge in [-0.2, -0.15) is 0 Å². The molecule has 3 heteroatoms. The van der Waals surface area contributed by atoms with Crippen molar-refractivity contribution in [3.8, 4) is 0 Å². The molecule has 3 atom stereocenters. The number of H-pyrrole nitrogens is 1. The largest absolute Gasteiger partial charge is 0.347 e. The molecule has 3 nitrogen and oxygen atoms in total. The number of aromatic amines is 1. The van der Waals surface area contributed by atoms with Gasteiger partial charge in [-0.1, -0.05) is 6.42 Å². The zero-order chi connectivity index (χ0) is 8.67. The Hall–Kier alpha value is -0.830. The maximum Gasteiger partial charge on any atom is 0.123 e. The van der Waals surface area contributed by atoms with Crippen LogP contribution in [-0.4, -0.2) is 16.0 Å². The molecule has 1 aromatic heterocycles. The van der Waals surface area contributed by atoms with E-state index in [1.54, 1.807) is 0 Å². The van der Waals surface area contributed by atoms with Crippen LogP contribution in [0.25, 0.3) is 0 Å². The first kappa shape index (κ1) is 7.56. The van der Waals surface area contributed by atoms with Gasteiger partial charge in [0.1, 0.15) is 5.82 Å². The van der Waals surface area contributed by atoms with Crippen molar-refractivity contribution < 1.29 is 0 Å². The summed E-state index contributed by atoms with van der Waals surface area (Å²) in [6, 6.07) is 1.26. The third-order valence-electron chi connectivity index (χ3n) is 3.46. The van der Waals surface area contributed by atoms with Crippen molar-refractivity contribution in [2.75, 3.05) is 0 Å². The normalized spacial score (nSPS) is 38.0. The molecule has 13 heavy (non-hydrogen) atoms. The Morgan fingerprint density at radius 1 is 1.38 bits per heavy atom. The average Bonchev–Trinajstić information content (AvgIpc) is 2.78. The molecule has 2 fully saturated rings. The molecule has 2 heterocycles. The van der Waals surface area contributed by atoms with Gasteiger partial charge in [0.15, 0.2) is 0 Å². The quantitative estimate of drug-likeness (QED) is 0.684. The van der Waals surface area contributed by atoms with E-state index in [0.29, 0.717) is 6.04 Å². The van der Waals surface area contributed by atoms with Gasteiger partial charge in [0.2, 0.25) is 0 Å². The molecule has 2 N–H and O–H groups in total. The molecule has 1 saturated carbocycles. The van der Waals surface area contributed by atoms with E-state index < -0.39 is 0 Å². The smallest absolute Gasteiger partial charge is 0.123 e. The molecule has 3 rings (SSSR count). The lowest BCUT2D eigenvalue weighted by Gasteiger charge is -2.09. The topological polar surface area (TPSA) is 40.7 Å². The van der Waals surface area contributed by atoms with E-state index in [9.17, 15) is 0 Å². The molecular weight excluding hydrogens is 162 g/mol. The van der Waals surface area contributed by atoms with Crippen LogP contribution < -0.4 is 5.32 Å². The van der Waals surface area contributed by atoms with E-state index >= 15 is 0 Å². The van der Waals surface area contributed by atoms with Crippen LogP contribution in [0.2, 0.25) is 0 Å². The Morgan fingerprint density at radius 2 is 2.38 bits per heavy atom. The van der Waals surface area contributed by atoms with Crippen LogP contribution in [0.3, 0.4) is 0 Å². The van der Waals surface area contributed by atoms with Crippen molar-refractivity contribution in [2.24, 2.45) is 5.92 Å². The van der Waals surface area contributed by atoms with Crippen LogP contribution in [0.4, 0.5) is 0 Å². The second-order valence-corrected chi connectivity index (χ2v) is 4.23. The molecule has 0 amide bonds. The molecule has 0 aromatic carbocycles. The summed E-state index contributed by atoms with van der Waals surface area (Å²) in [7, 11) is 0. The van der Waals surface area contributed by atoms with Crippen molar-refractivity contribution in [2.45, 2.75) is 37.8 Å². The highest BCUT2D eigenvalue weighted by Gasteiger charge is 2.37. The van der Waals surface area contributed by atoms with Crippen molar-refractivity contribution >= 4 is 0 Å². The second-order valence-electron chi connectivity index (χ2n) is 4.23. The van der Waals surface area contributed by atoms with E-state index in [0.717, 1.165) is 17.8 Å². The molecule has 0 bridgehead atoms. The summed E-state index contributed by atoms with van der Waals surface area (Å²) < 4.78 is 0. The third-order valence-corrected chi connectivity index (χ3v) is 3.46. The highest BCUT2D eigenvalue weighted by atomic mass is 15.1. The van der Waals surface area contributed by atoms with Crippen LogP contribution in [-0.2, 0) is 0 Å². The molecule has 1 saturated heterocycles. The van der Waals surface area contributed by atoms with Gasteiger partial charge in [0.05, 0.1) is 6.04 Å². The Bertz CT molecular complexity index is 268. The Balaban J connectivity index is 1.76. The molecule has 70 valence electrons. The van der Waals surface area contributed by atoms with Gasteiger partial charge in [0, 0.05) is 18.4 Å². The minimum atomic E-state index is 0.491. The van der Waals surface area contributed by atoms with E-state index in [1.807, 2.05) is 12.4 Å². The average molecular weight is 177 g/mol. The van der Waals surface area contributed by atoms with Gasteiger partial charge in [-0.25, -0.2) is 4.98 Å². The molecule has 0 spiro atoms. The van der Waals surface area contributed by atoms with E-state index in [4.69, 9.17) is 0 Å². The number of imidazole rings is 1. The molecule has 0 unspecified atom stereocenters. The van der Waals surface area contributed by atoms with Crippen LogP contribution in [0.5, 0.6) is 0 Å². The monoisotopic (exact) mass is 177 g/mol. The van der Waals surface area contributed by atoms with Crippen LogP contribution in [0.1, 0.15) is 37.5 Å². The standard InChI is InChI=1S/C10H15N3/c1-2-7-6-9(13-8(7)3-1)10-11-4-5-12-10/h4-5,7-9,13H,1-3,6H2,(H,11,12)/t7-,8-,9-/m0/s1. The van der Waals surface area contributed by atoms with Crippen LogP contribution in [0.15, 0.2) is 12.4 Å². The van der Waals surface area contributed by atoms with Crippen molar-refractivity contribution in [3.63, 3.8) is 0 Å². The third kappa shape index (κ3) is 1.18. The summed E-state index contributed by atoms with van der Waals surface area (Å²) in [6.45, 7) is 0. The summed E-state index contributed by atoms with van der Waals surface area (Å²) in [5, 5.41) is 3.66. The summed E-state index contributed by atoms with van der Waals surface area (Å²) >= 11 is 0. The van der Waals surface area contributed by atoms with E-state index in [2.05, 4.69) is 15.3 Å². The van der Waals surface area contributed by atoms with Crippen molar-refractivity contribution in [1.29, 1.82) is 0 Å². The predicted octanol–water partition coefficient (Wildman–Crippen LogP) is 1.61. The van der Waals surface area contributed by atoms with Gasteiger partial charge in [-0.15, -0.1) is 0 Å². The van der Waals surface area contributed by atoms with Gasteiger partial charge in [0.25, 0.3) is 0 Å². The molecule has 1 aliphatic heterocycles. The molecular formula is C10H15N3.